The number of likely N-dealkylation sites (tertiary alicyclic amines) is 1. The number of amides is 3. The predicted octanol–water partition coefficient (Wildman–Crippen LogP) is 2.63. The van der Waals surface area contributed by atoms with Crippen molar-refractivity contribution in [2.24, 2.45) is 5.92 Å². The van der Waals surface area contributed by atoms with Crippen molar-refractivity contribution >= 4 is 27.6 Å². The van der Waals surface area contributed by atoms with Gasteiger partial charge < -0.3 is 15.5 Å². The summed E-state index contributed by atoms with van der Waals surface area (Å²) in [6.07, 6.45) is 4.05. The number of rotatable bonds is 5. The topological polar surface area (TPSA) is 98.8 Å². The summed E-state index contributed by atoms with van der Waals surface area (Å²) in [4.78, 5) is 26.7. The second-order valence-corrected chi connectivity index (χ2v) is 10.3. The Morgan fingerprint density at radius 3 is 2.33 bits per heavy atom. The van der Waals surface area contributed by atoms with Crippen LogP contribution in [0.15, 0.2) is 29.2 Å². The molecule has 3 rings (SSSR count). The average Bonchev–Trinajstić information content (AvgIpc) is 2.74. The van der Waals surface area contributed by atoms with Gasteiger partial charge in [0.1, 0.15) is 0 Å². The minimum Gasteiger partial charge on any atom is -0.354 e. The maximum absolute atomic E-state index is 12.9. The molecule has 0 atom stereocenters. The van der Waals surface area contributed by atoms with Gasteiger partial charge in [-0.05, 0) is 57.7 Å². The van der Waals surface area contributed by atoms with E-state index in [2.05, 4.69) is 10.6 Å². The molecule has 166 valence electrons. The number of anilines is 1. The lowest BCUT2D eigenvalue weighted by molar-refractivity contribution is -0.126. The highest BCUT2D eigenvalue weighted by Gasteiger charge is 2.29. The Morgan fingerprint density at radius 1 is 1.03 bits per heavy atom. The highest BCUT2D eigenvalue weighted by Crippen LogP contribution is 2.24. The van der Waals surface area contributed by atoms with Crippen LogP contribution >= 0.6 is 0 Å². The fourth-order valence-corrected chi connectivity index (χ4v) is 5.50. The Balaban J connectivity index is 1.59. The molecule has 9 heteroatoms. The van der Waals surface area contributed by atoms with Crippen LogP contribution in [0.2, 0.25) is 0 Å². The number of nitrogens with one attached hydrogen (secondary N) is 2. The smallest absolute Gasteiger partial charge is 0.321 e. The third kappa shape index (κ3) is 5.51. The van der Waals surface area contributed by atoms with Gasteiger partial charge in [-0.1, -0.05) is 12.5 Å². The highest BCUT2D eigenvalue weighted by molar-refractivity contribution is 7.89. The number of urea groups is 1. The number of carbonyl (C=O) groups excluding carboxylic acids is 2. The van der Waals surface area contributed by atoms with Crippen molar-refractivity contribution in [1.82, 2.24) is 14.5 Å². The van der Waals surface area contributed by atoms with Crippen molar-refractivity contribution < 1.29 is 18.0 Å². The molecule has 2 saturated heterocycles. The lowest BCUT2D eigenvalue weighted by atomic mass is 9.96. The fraction of sp³-hybridized carbons (Fsp3) is 0.619. The first-order valence-corrected chi connectivity index (χ1v) is 12.2. The van der Waals surface area contributed by atoms with Gasteiger partial charge in [0.05, 0.1) is 4.90 Å². The van der Waals surface area contributed by atoms with Gasteiger partial charge in [-0.25, -0.2) is 13.2 Å². The second-order valence-electron chi connectivity index (χ2n) is 8.35. The molecule has 0 saturated carbocycles. The SMILES string of the molecule is CC(C)NC(=O)C1CCN(C(=O)Nc2cccc(S(=O)(=O)N3CCCCC3)c2)CC1. The van der Waals surface area contributed by atoms with Crippen molar-refractivity contribution in [2.75, 3.05) is 31.5 Å². The zero-order chi connectivity index (χ0) is 21.7. The van der Waals surface area contributed by atoms with Gasteiger partial charge in [-0.15, -0.1) is 0 Å². The van der Waals surface area contributed by atoms with Crippen molar-refractivity contribution in [2.45, 2.75) is 56.9 Å². The molecule has 0 radical (unpaired) electrons. The molecule has 2 aliphatic rings. The highest BCUT2D eigenvalue weighted by atomic mass is 32.2. The standard InChI is InChI=1S/C21H32N4O4S/c1-16(2)22-20(26)17-9-13-24(14-10-17)21(27)23-18-7-6-8-19(15-18)30(28,29)25-11-4-3-5-12-25/h6-8,15-17H,3-5,9-14H2,1-2H3,(H,22,26)(H,23,27). The van der Waals surface area contributed by atoms with E-state index in [1.54, 1.807) is 23.1 Å². The molecule has 2 aliphatic heterocycles. The van der Waals surface area contributed by atoms with Crippen molar-refractivity contribution in [3.8, 4) is 0 Å². The van der Waals surface area contributed by atoms with E-state index in [4.69, 9.17) is 0 Å². The normalized spacial score (nSPS) is 19.0. The van der Waals surface area contributed by atoms with E-state index in [1.165, 1.54) is 10.4 Å². The van der Waals surface area contributed by atoms with E-state index in [-0.39, 0.29) is 28.8 Å². The summed E-state index contributed by atoms with van der Waals surface area (Å²) in [6, 6.07) is 6.26. The zero-order valence-corrected chi connectivity index (χ0v) is 18.6. The van der Waals surface area contributed by atoms with Gasteiger partial charge in [0.2, 0.25) is 15.9 Å². The van der Waals surface area contributed by atoms with Crippen LogP contribution in [0.4, 0.5) is 10.5 Å². The largest absolute Gasteiger partial charge is 0.354 e. The molecule has 3 amide bonds. The summed E-state index contributed by atoms with van der Waals surface area (Å²) in [5.74, 6) is -0.0323. The predicted molar refractivity (Wildman–Crippen MR) is 116 cm³/mol. The zero-order valence-electron chi connectivity index (χ0n) is 17.8. The lowest BCUT2D eigenvalue weighted by Crippen LogP contribution is -2.45. The van der Waals surface area contributed by atoms with E-state index in [0.717, 1.165) is 19.3 Å². The van der Waals surface area contributed by atoms with Crippen molar-refractivity contribution in [3.05, 3.63) is 24.3 Å². The molecular weight excluding hydrogens is 404 g/mol. The lowest BCUT2D eigenvalue weighted by Gasteiger charge is -2.31. The Hall–Kier alpha value is -2.13. The van der Waals surface area contributed by atoms with Gasteiger partial charge in [0.15, 0.2) is 0 Å². The molecule has 0 aromatic heterocycles. The quantitative estimate of drug-likeness (QED) is 0.741. The Labute approximate surface area is 179 Å². The van der Waals surface area contributed by atoms with Crippen LogP contribution in [0.5, 0.6) is 0 Å². The molecule has 0 aliphatic carbocycles. The molecule has 1 aromatic rings. The summed E-state index contributed by atoms with van der Waals surface area (Å²) in [5, 5.41) is 5.73. The average molecular weight is 437 g/mol. The molecule has 1 aromatic carbocycles. The number of carbonyl (C=O) groups is 2. The first kappa shape index (κ1) is 22.6. The fourth-order valence-electron chi connectivity index (χ4n) is 3.94. The van der Waals surface area contributed by atoms with E-state index in [1.807, 2.05) is 13.8 Å². The maximum Gasteiger partial charge on any atom is 0.321 e. The summed E-state index contributed by atoms with van der Waals surface area (Å²) < 4.78 is 27.3. The van der Waals surface area contributed by atoms with E-state index in [0.29, 0.717) is 44.7 Å². The Morgan fingerprint density at radius 2 is 1.70 bits per heavy atom. The van der Waals surface area contributed by atoms with Crippen LogP contribution in [-0.4, -0.2) is 61.8 Å². The third-order valence-corrected chi connectivity index (χ3v) is 7.52. The first-order valence-electron chi connectivity index (χ1n) is 10.7. The summed E-state index contributed by atoms with van der Waals surface area (Å²) in [7, 11) is -3.55. The van der Waals surface area contributed by atoms with E-state index in [9.17, 15) is 18.0 Å². The molecule has 2 fully saturated rings. The Bertz CT molecular complexity index is 858. The van der Waals surface area contributed by atoms with Crippen LogP contribution in [0.3, 0.4) is 0 Å². The number of nitrogens with zero attached hydrogens (tertiary/aromatic N) is 2. The molecule has 0 spiro atoms. The van der Waals surface area contributed by atoms with Crippen LogP contribution < -0.4 is 10.6 Å². The monoisotopic (exact) mass is 436 g/mol. The molecule has 8 nitrogen and oxygen atoms in total. The Kier molecular flexibility index (Phi) is 7.36. The van der Waals surface area contributed by atoms with Gasteiger partial charge in [0, 0.05) is 43.8 Å². The van der Waals surface area contributed by atoms with Gasteiger partial charge in [0.25, 0.3) is 0 Å². The van der Waals surface area contributed by atoms with E-state index >= 15 is 0 Å². The molecule has 0 bridgehead atoms. The van der Waals surface area contributed by atoms with Crippen LogP contribution in [0.25, 0.3) is 0 Å². The summed E-state index contributed by atoms with van der Waals surface area (Å²) >= 11 is 0. The van der Waals surface area contributed by atoms with Gasteiger partial charge >= 0.3 is 6.03 Å². The molecule has 2 N–H and O–H groups in total. The summed E-state index contributed by atoms with van der Waals surface area (Å²) in [5.41, 5.74) is 0.456. The first-order chi connectivity index (χ1) is 14.3. The third-order valence-electron chi connectivity index (χ3n) is 5.62. The number of benzene rings is 1. The van der Waals surface area contributed by atoms with Crippen molar-refractivity contribution in [3.63, 3.8) is 0 Å². The molecule has 30 heavy (non-hydrogen) atoms. The van der Waals surface area contributed by atoms with Crippen LogP contribution in [0.1, 0.15) is 46.0 Å². The maximum atomic E-state index is 12.9. The van der Waals surface area contributed by atoms with Gasteiger partial charge in [-0.2, -0.15) is 4.31 Å². The van der Waals surface area contributed by atoms with Gasteiger partial charge in [-0.3, -0.25) is 4.79 Å². The minimum absolute atomic E-state index is 0.0423. The second kappa shape index (κ2) is 9.78. The number of piperidine rings is 2. The number of hydrogen-bond acceptors (Lipinski definition) is 4. The van der Waals surface area contributed by atoms with Crippen LogP contribution in [0, 0.1) is 5.92 Å². The molecule has 2 heterocycles. The van der Waals surface area contributed by atoms with Crippen molar-refractivity contribution in [1.29, 1.82) is 0 Å². The van der Waals surface area contributed by atoms with E-state index < -0.39 is 10.0 Å². The number of sulfonamides is 1. The summed E-state index contributed by atoms with van der Waals surface area (Å²) in [6.45, 7) is 5.93. The van der Waals surface area contributed by atoms with Crippen LogP contribution in [-0.2, 0) is 14.8 Å². The molecule has 0 unspecified atom stereocenters. The minimum atomic E-state index is -3.55. The number of hydrogen-bond donors (Lipinski definition) is 2. The molecular formula is C21H32N4O4S.